The van der Waals surface area contributed by atoms with Crippen LogP contribution >= 0.6 is 0 Å². The molecule has 0 fully saturated rings. The van der Waals surface area contributed by atoms with Crippen LogP contribution in [0.15, 0.2) is 57.7 Å². The lowest BCUT2D eigenvalue weighted by Gasteiger charge is -2.10. The minimum Gasteiger partial charge on any atom is -0.473 e. The van der Waals surface area contributed by atoms with E-state index in [9.17, 15) is 9.18 Å². The van der Waals surface area contributed by atoms with E-state index in [1.807, 2.05) is 0 Å². The quantitative estimate of drug-likeness (QED) is 0.693. The minimum atomic E-state index is -0.377. The van der Waals surface area contributed by atoms with Crippen LogP contribution in [0.25, 0.3) is 22.3 Å². The molecule has 0 saturated heterocycles. The highest BCUT2D eigenvalue weighted by atomic mass is 19.1. The molecule has 1 heterocycles. The second kappa shape index (κ2) is 5.74. The van der Waals surface area contributed by atoms with Gasteiger partial charge in [0.25, 0.3) is 0 Å². The van der Waals surface area contributed by atoms with Crippen molar-refractivity contribution in [2.45, 2.75) is 0 Å². The fourth-order valence-electron chi connectivity index (χ4n) is 2.16. The van der Waals surface area contributed by atoms with Gasteiger partial charge in [0.1, 0.15) is 18.0 Å². The van der Waals surface area contributed by atoms with Gasteiger partial charge < -0.3 is 9.15 Å². The van der Waals surface area contributed by atoms with Crippen LogP contribution in [0.1, 0.15) is 0 Å². The van der Waals surface area contributed by atoms with Crippen molar-refractivity contribution in [2.24, 2.45) is 0 Å². The fraction of sp³-hybridized carbons (Fsp3) is 0.0556. The summed E-state index contributed by atoms with van der Waals surface area (Å²) in [6, 6.07) is 12.5. The van der Waals surface area contributed by atoms with Gasteiger partial charge in [0.05, 0.1) is 5.39 Å². The number of terminal acetylenes is 1. The molecule has 0 saturated carbocycles. The van der Waals surface area contributed by atoms with E-state index < -0.39 is 0 Å². The van der Waals surface area contributed by atoms with Crippen LogP contribution < -0.4 is 10.2 Å². The van der Waals surface area contributed by atoms with Crippen molar-refractivity contribution < 1.29 is 13.5 Å². The van der Waals surface area contributed by atoms with E-state index in [4.69, 9.17) is 15.6 Å². The van der Waals surface area contributed by atoms with Crippen molar-refractivity contribution in [3.8, 4) is 29.4 Å². The molecule has 0 amide bonds. The van der Waals surface area contributed by atoms with Crippen LogP contribution in [0, 0.1) is 18.2 Å². The van der Waals surface area contributed by atoms with Crippen molar-refractivity contribution >= 4 is 11.0 Å². The highest BCUT2D eigenvalue weighted by Gasteiger charge is 2.17. The fourth-order valence-corrected chi connectivity index (χ4v) is 2.16. The average molecular weight is 294 g/mol. The van der Waals surface area contributed by atoms with Gasteiger partial charge in [-0.1, -0.05) is 18.1 Å². The highest BCUT2D eigenvalue weighted by Crippen LogP contribution is 2.30. The number of fused-ring (bicyclic) bond motifs is 1. The largest absolute Gasteiger partial charge is 0.473 e. The Morgan fingerprint density at radius 1 is 1.14 bits per heavy atom. The zero-order valence-electron chi connectivity index (χ0n) is 11.5. The van der Waals surface area contributed by atoms with E-state index >= 15 is 0 Å². The molecule has 0 radical (unpaired) electrons. The Kier molecular flexibility index (Phi) is 3.63. The summed E-state index contributed by atoms with van der Waals surface area (Å²) in [5.74, 6) is 2.21. The molecule has 0 bridgehead atoms. The molecular weight excluding hydrogens is 283 g/mol. The summed E-state index contributed by atoms with van der Waals surface area (Å²) in [6.07, 6.45) is 5.19. The van der Waals surface area contributed by atoms with Gasteiger partial charge in [-0.2, -0.15) is 0 Å². The van der Waals surface area contributed by atoms with Crippen molar-refractivity contribution in [3.05, 3.63) is 64.6 Å². The van der Waals surface area contributed by atoms with Gasteiger partial charge in [-0.15, -0.1) is 6.42 Å². The Hall–Kier alpha value is -3.06. The van der Waals surface area contributed by atoms with Gasteiger partial charge in [-0.05, 0) is 36.4 Å². The number of benzene rings is 2. The molecular formula is C18H11FO3. The molecule has 3 rings (SSSR count). The number of hydrogen-bond donors (Lipinski definition) is 0. The lowest BCUT2D eigenvalue weighted by atomic mass is 10.1. The van der Waals surface area contributed by atoms with Gasteiger partial charge in [-0.25, -0.2) is 4.39 Å². The van der Waals surface area contributed by atoms with Crippen LogP contribution in [-0.4, -0.2) is 6.61 Å². The minimum absolute atomic E-state index is 0.0308. The first-order valence-electron chi connectivity index (χ1n) is 6.59. The summed E-state index contributed by atoms with van der Waals surface area (Å²) < 4.78 is 24.2. The van der Waals surface area contributed by atoms with Gasteiger partial charge in [0.2, 0.25) is 11.2 Å². The maximum Gasteiger partial charge on any atom is 0.235 e. The van der Waals surface area contributed by atoms with Crippen LogP contribution in [0.5, 0.6) is 5.75 Å². The van der Waals surface area contributed by atoms with E-state index in [1.165, 1.54) is 24.3 Å². The summed E-state index contributed by atoms with van der Waals surface area (Å²) in [4.78, 5) is 12.6. The number of ether oxygens (including phenoxy) is 1. The average Bonchev–Trinajstić information content (AvgIpc) is 2.55. The lowest BCUT2D eigenvalue weighted by molar-refractivity contribution is 0.358. The van der Waals surface area contributed by atoms with E-state index in [0.29, 0.717) is 16.5 Å². The van der Waals surface area contributed by atoms with Crippen molar-refractivity contribution in [1.82, 2.24) is 0 Å². The maximum atomic E-state index is 13.1. The van der Waals surface area contributed by atoms with E-state index in [-0.39, 0.29) is 29.4 Å². The predicted molar refractivity (Wildman–Crippen MR) is 82.2 cm³/mol. The van der Waals surface area contributed by atoms with Crippen LogP contribution in [0.3, 0.4) is 0 Å². The Balaban J connectivity index is 2.29. The first-order chi connectivity index (χ1) is 10.7. The van der Waals surface area contributed by atoms with Crippen LogP contribution in [0.4, 0.5) is 4.39 Å². The molecule has 22 heavy (non-hydrogen) atoms. The zero-order chi connectivity index (χ0) is 15.5. The molecule has 0 N–H and O–H groups in total. The highest BCUT2D eigenvalue weighted by molar-refractivity contribution is 5.81. The summed E-state index contributed by atoms with van der Waals surface area (Å²) >= 11 is 0. The SMILES string of the molecule is C#CCOc1c(-c2ccc(F)cc2)oc2ccccc2c1=O. The van der Waals surface area contributed by atoms with Crippen LogP contribution in [0.2, 0.25) is 0 Å². The second-order valence-corrected chi connectivity index (χ2v) is 4.59. The molecule has 1 aromatic heterocycles. The van der Waals surface area contributed by atoms with Crippen molar-refractivity contribution in [3.63, 3.8) is 0 Å². The lowest BCUT2D eigenvalue weighted by Crippen LogP contribution is -2.10. The third-order valence-electron chi connectivity index (χ3n) is 3.16. The molecule has 3 aromatic rings. The number of halogens is 1. The van der Waals surface area contributed by atoms with Crippen molar-refractivity contribution in [2.75, 3.05) is 6.61 Å². The van der Waals surface area contributed by atoms with Gasteiger partial charge in [0.15, 0.2) is 5.76 Å². The van der Waals surface area contributed by atoms with Crippen LogP contribution in [-0.2, 0) is 0 Å². The summed E-state index contributed by atoms with van der Waals surface area (Å²) in [7, 11) is 0. The molecule has 0 atom stereocenters. The third kappa shape index (κ3) is 2.45. The van der Waals surface area contributed by atoms with Crippen molar-refractivity contribution in [1.29, 1.82) is 0 Å². The number of hydrogen-bond acceptors (Lipinski definition) is 3. The first kappa shape index (κ1) is 13.9. The molecule has 0 spiro atoms. The van der Waals surface area contributed by atoms with Gasteiger partial charge in [-0.3, -0.25) is 4.79 Å². The van der Waals surface area contributed by atoms with Gasteiger partial charge >= 0.3 is 0 Å². The molecule has 108 valence electrons. The predicted octanol–water partition coefficient (Wildman–Crippen LogP) is 3.61. The third-order valence-corrected chi connectivity index (χ3v) is 3.16. The molecule has 2 aromatic carbocycles. The number of para-hydroxylation sites is 1. The molecule has 0 aliphatic rings. The molecule has 0 unspecified atom stereocenters. The molecule has 4 heteroatoms. The molecule has 0 aliphatic heterocycles. The second-order valence-electron chi connectivity index (χ2n) is 4.59. The van der Waals surface area contributed by atoms with E-state index in [2.05, 4.69) is 5.92 Å². The maximum absolute atomic E-state index is 13.1. The number of rotatable bonds is 3. The monoisotopic (exact) mass is 294 g/mol. The smallest absolute Gasteiger partial charge is 0.235 e. The van der Waals surface area contributed by atoms with Gasteiger partial charge in [0, 0.05) is 5.56 Å². The Labute approximate surface area is 126 Å². The topological polar surface area (TPSA) is 39.4 Å². The zero-order valence-corrected chi connectivity index (χ0v) is 11.5. The van der Waals surface area contributed by atoms with E-state index in [1.54, 1.807) is 24.3 Å². The Morgan fingerprint density at radius 3 is 2.59 bits per heavy atom. The van der Waals surface area contributed by atoms with E-state index in [0.717, 1.165) is 0 Å². The Morgan fingerprint density at radius 2 is 1.86 bits per heavy atom. The molecule has 0 aliphatic carbocycles. The normalized spacial score (nSPS) is 10.4. The summed E-state index contributed by atoms with van der Waals surface area (Å²) in [5.41, 5.74) is 0.660. The Bertz CT molecular complexity index is 918. The summed E-state index contributed by atoms with van der Waals surface area (Å²) in [6.45, 7) is -0.0582. The summed E-state index contributed by atoms with van der Waals surface area (Å²) in [5, 5.41) is 0.403. The molecule has 3 nitrogen and oxygen atoms in total. The standard InChI is InChI=1S/C18H11FO3/c1-2-11-21-18-16(20)14-5-3-4-6-15(14)22-17(18)12-7-9-13(19)10-8-12/h1,3-10H,11H2. The first-order valence-corrected chi connectivity index (χ1v) is 6.59.